The van der Waals surface area contributed by atoms with Gasteiger partial charge < -0.3 is 19.3 Å². The lowest BCUT2D eigenvalue weighted by molar-refractivity contribution is -0.149. The van der Waals surface area contributed by atoms with Gasteiger partial charge in [0.25, 0.3) is 0 Å². The summed E-state index contributed by atoms with van der Waals surface area (Å²) in [6, 6.07) is 17.2. The normalized spacial score (nSPS) is 19.2. The Morgan fingerprint density at radius 3 is 2.42 bits per heavy atom. The van der Waals surface area contributed by atoms with E-state index in [1.54, 1.807) is 0 Å². The van der Waals surface area contributed by atoms with Crippen LogP contribution in [0.4, 0.5) is 0 Å². The van der Waals surface area contributed by atoms with Crippen LogP contribution in [0.5, 0.6) is 5.75 Å². The van der Waals surface area contributed by atoms with Crippen LogP contribution in [-0.2, 0) is 16.0 Å². The first-order valence-electron chi connectivity index (χ1n) is 12.4. The highest BCUT2D eigenvalue weighted by Crippen LogP contribution is 2.38. The smallest absolute Gasteiger partial charge is 0.229 e. The molecule has 33 heavy (non-hydrogen) atoms. The summed E-state index contributed by atoms with van der Waals surface area (Å²) < 4.78 is 11.5. The van der Waals surface area contributed by atoms with Crippen LogP contribution in [0, 0.1) is 5.41 Å². The van der Waals surface area contributed by atoms with Crippen molar-refractivity contribution in [3.05, 3.63) is 54.1 Å². The monoisotopic (exact) mass is 450 g/mol. The summed E-state index contributed by atoms with van der Waals surface area (Å²) in [5.74, 6) is 1.20. The van der Waals surface area contributed by atoms with E-state index < -0.39 is 0 Å². The highest BCUT2D eigenvalue weighted by molar-refractivity contribution is 5.83. The van der Waals surface area contributed by atoms with E-state index >= 15 is 0 Å². The van der Waals surface area contributed by atoms with E-state index in [0.717, 1.165) is 62.1 Å². The van der Waals surface area contributed by atoms with E-state index in [2.05, 4.69) is 47.2 Å². The largest absolute Gasteiger partial charge is 0.493 e. The number of hydrogen-bond donors (Lipinski definition) is 0. The van der Waals surface area contributed by atoms with E-state index in [1.807, 2.05) is 32.2 Å². The Bertz CT molecular complexity index is 913. The lowest BCUT2D eigenvalue weighted by Gasteiger charge is -2.43. The topological polar surface area (TPSA) is 42.0 Å². The Hall–Kier alpha value is -2.37. The third-order valence-electron chi connectivity index (χ3n) is 7.45. The maximum Gasteiger partial charge on any atom is 0.229 e. The molecule has 0 aliphatic carbocycles. The predicted molar refractivity (Wildman–Crippen MR) is 133 cm³/mol. The zero-order valence-corrected chi connectivity index (χ0v) is 20.4. The molecule has 0 bridgehead atoms. The van der Waals surface area contributed by atoms with Crippen molar-refractivity contribution in [3.63, 3.8) is 0 Å². The van der Waals surface area contributed by atoms with Gasteiger partial charge in [-0.15, -0.1) is 0 Å². The van der Waals surface area contributed by atoms with Crippen LogP contribution in [-0.4, -0.2) is 68.8 Å². The number of rotatable bonds is 7. The molecule has 0 unspecified atom stereocenters. The van der Waals surface area contributed by atoms with Crippen LogP contribution in [0.1, 0.15) is 38.2 Å². The van der Waals surface area contributed by atoms with Crippen LogP contribution in [0.2, 0.25) is 0 Å². The molecule has 2 aromatic rings. The Morgan fingerprint density at radius 1 is 1.09 bits per heavy atom. The van der Waals surface area contributed by atoms with Gasteiger partial charge in [0.1, 0.15) is 5.75 Å². The number of amides is 1. The fourth-order valence-electron chi connectivity index (χ4n) is 5.33. The lowest BCUT2D eigenvalue weighted by Crippen LogP contribution is -2.52. The highest BCUT2D eigenvalue weighted by atomic mass is 16.5. The molecule has 2 aromatic carbocycles. The van der Waals surface area contributed by atoms with E-state index in [-0.39, 0.29) is 5.41 Å². The minimum absolute atomic E-state index is 0.297. The highest BCUT2D eigenvalue weighted by Gasteiger charge is 2.43. The van der Waals surface area contributed by atoms with Crippen molar-refractivity contribution in [2.24, 2.45) is 5.41 Å². The number of para-hydroxylation sites is 1. The molecule has 2 fully saturated rings. The first-order chi connectivity index (χ1) is 16.0. The number of carbonyl (C=O) groups is 1. The Kier molecular flexibility index (Phi) is 7.71. The molecular formula is C28H38N2O3. The molecule has 0 aromatic heterocycles. The van der Waals surface area contributed by atoms with Crippen molar-refractivity contribution in [2.45, 2.75) is 45.1 Å². The summed E-state index contributed by atoms with van der Waals surface area (Å²) in [5, 5.41) is 0. The summed E-state index contributed by atoms with van der Waals surface area (Å²) in [6.45, 7) is 6.09. The Morgan fingerprint density at radius 2 is 1.76 bits per heavy atom. The maximum atomic E-state index is 13.9. The number of nitrogens with zero attached hydrogens (tertiary/aromatic N) is 2. The zero-order valence-electron chi connectivity index (χ0n) is 20.4. The average Bonchev–Trinajstić information content (AvgIpc) is 2.85. The SMILES string of the molecule is CCOc1ccccc1-c1ccc(CC2(C(=O)N(C)C3CCN(C)CC3)CCOCC2)cc1. The Balaban J connectivity index is 1.52. The summed E-state index contributed by atoms with van der Waals surface area (Å²) in [7, 11) is 4.18. The third kappa shape index (κ3) is 5.42. The van der Waals surface area contributed by atoms with Gasteiger partial charge in [0, 0.05) is 31.9 Å². The summed E-state index contributed by atoms with van der Waals surface area (Å²) in [4.78, 5) is 18.3. The maximum absolute atomic E-state index is 13.9. The van der Waals surface area contributed by atoms with Crippen molar-refractivity contribution in [2.75, 3.05) is 47.0 Å². The van der Waals surface area contributed by atoms with Crippen molar-refractivity contribution >= 4 is 5.91 Å². The Labute approximate surface area is 198 Å². The minimum Gasteiger partial charge on any atom is -0.493 e. The van der Waals surface area contributed by atoms with Crippen molar-refractivity contribution in [1.29, 1.82) is 0 Å². The molecule has 178 valence electrons. The van der Waals surface area contributed by atoms with Gasteiger partial charge in [0.05, 0.1) is 12.0 Å². The van der Waals surface area contributed by atoms with Crippen LogP contribution in [0.3, 0.4) is 0 Å². The molecule has 2 heterocycles. The van der Waals surface area contributed by atoms with E-state index in [4.69, 9.17) is 9.47 Å². The zero-order chi connectivity index (χ0) is 23.3. The molecule has 2 aliphatic heterocycles. The molecule has 0 saturated carbocycles. The van der Waals surface area contributed by atoms with Gasteiger partial charge in [0.15, 0.2) is 0 Å². The van der Waals surface area contributed by atoms with Gasteiger partial charge in [-0.3, -0.25) is 4.79 Å². The molecule has 1 amide bonds. The number of hydrogen-bond acceptors (Lipinski definition) is 4. The average molecular weight is 451 g/mol. The van der Waals surface area contributed by atoms with Crippen molar-refractivity contribution < 1.29 is 14.3 Å². The quantitative estimate of drug-likeness (QED) is 0.616. The molecule has 5 heteroatoms. The first-order valence-corrected chi connectivity index (χ1v) is 12.4. The molecular weight excluding hydrogens is 412 g/mol. The molecule has 2 aliphatic rings. The van der Waals surface area contributed by atoms with Gasteiger partial charge in [0.2, 0.25) is 5.91 Å². The van der Waals surface area contributed by atoms with Crippen LogP contribution in [0.15, 0.2) is 48.5 Å². The second-order valence-corrected chi connectivity index (χ2v) is 9.65. The number of carbonyl (C=O) groups excluding carboxylic acids is 1. The van der Waals surface area contributed by atoms with E-state index in [0.29, 0.717) is 31.8 Å². The lowest BCUT2D eigenvalue weighted by atomic mass is 9.73. The van der Waals surface area contributed by atoms with E-state index in [1.165, 1.54) is 5.56 Å². The molecule has 2 saturated heterocycles. The second-order valence-electron chi connectivity index (χ2n) is 9.65. The standard InChI is InChI=1S/C28H38N2O3/c1-4-33-26-8-6-5-7-25(26)23-11-9-22(10-12-23)21-28(15-19-32-20-16-28)27(31)30(3)24-13-17-29(2)18-14-24/h5-12,24H,4,13-21H2,1-3H3. The van der Waals surface area contributed by atoms with Gasteiger partial charge in [-0.2, -0.15) is 0 Å². The number of ether oxygens (including phenoxy) is 2. The minimum atomic E-state index is -0.374. The van der Waals surface area contributed by atoms with Gasteiger partial charge in [-0.25, -0.2) is 0 Å². The second kappa shape index (κ2) is 10.7. The first kappa shape index (κ1) is 23.8. The van der Waals surface area contributed by atoms with Crippen LogP contribution in [0.25, 0.3) is 11.1 Å². The molecule has 5 nitrogen and oxygen atoms in total. The summed E-state index contributed by atoms with van der Waals surface area (Å²) in [5.41, 5.74) is 3.07. The molecule has 0 radical (unpaired) electrons. The number of piperidine rings is 1. The molecule has 0 spiro atoms. The fourth-order valence-corrected chi connectivity index (χ4v) is 5.33. The number of benzene rings is 2. The fraction of sp³-hybridized carbons (Fsp3) is 0.536. The van der Waals surface area contributed by atoms with Crippen molar-refractivity contribution in [1.82, 2.24) is 9.80 Å². The summed E-state index contributed by atoms with van der Waals surface area (Å²) in [6.07, 6.45) is 4.45. The van der Waals surface area contributed by atoms with Crippen LogP contribution < -0.4 is 4.74 Å². The van der Waals surface area contributed by atoms with E-state index in [9.17, 15) is 4.79 Å². The molecule has 0 atom stereocenters. The summed E-state index contributed by atoms with van der Waals surface area (Å²) >= 11 is 0. The number of likely N-dealkylation sites (tertiary alicyclic amines) is 1. The molecule has 0 N–H and O–H groups in total. The van der Waals surface area contributed by atoms with Gasteiger partial charge >= 0.3 is 0 Å². The van der Waals surface area contributed by atoms with Gasteiger partial charge in [-0.1, -0.05) is 42.5 Å². The third-order valence-corrected chi connectivity index (χ3v) is 7.45. The molecule has 4 rings (SSSR count). The van der Waals surface area contributed by atoms with Crippen molar-refractivity contribution in [3.8, 4) is 16.9 Å². The van der Waals surface area contributed by atoms with Gasteiger partial charge in [-0.05, 0) is 76.4 Å². The van der Waals surface area contributed by atoms with Crippen LogP contribution >= 0.6 is 0 Å². The predicted octanol–water partition coefficient (Wildman–Crippen LogP) is 4.64.